The van der Waals surface area contributed by atoms with Gasteiger partial charge in [-0.05, 0) is 0 Å². The third-order valence-electron chi connectivity index (χ3n) is 7.65. The van der Waals surface area contributed by atoms with Crippen LogP contribution in [0.25, 0.3) is 22.3 Å². The normalized spacial score (nSPS) is 37.1. The lowest BCUT2D eigenvalue weighted by atomic mass is 10.1. The van der Waals surface area contributed by atoms with Gasteiger partial charge in [-0.2, -0.15) is 9.97 Å². The molecule has 248 valence electrons. The molecule has 3 aliphatic heterocycles. The highest BCUT2D eigenvalue weighted by molar-refractivity contribution is 7.50. The largest absolute Gasteiger partial charge is 0.403 e. The fourth-order valence-electron chi connectivity index (χ4n) is 5.61. The number of hydrogen-bond acceptors (Lipinski definition) is 16. The number of rotatable bonds is 2. The topological polar surface area (TPSA) is 355 Å². The minimum Gasteiger partial charge on any atom is -0.387 e. The average Bonchev–Trinajstić information content (AvgIpc) is 3.72. The van der Waals surface area contributed by atoms with Gasteiger partial charge in [-0.15, -0.1) is 0 Å². The molecule has 0 spiro atoms. The van der Waals surface area contributed by atoms with Crippen molar-refractivity contribution < 1.29 is 47.7 Å². The van der Waals surface area contributed by atoms with E-state index in [0.717, 1.165) is 21.8 Å². The Hall–Kier alpha value is -3.64. The molecular formula is C20H26N12O12P2. The maximum atomic E-state index is 13.2. The van der Waals surface area contributed by atoms with Gasteiger partial charge in [-0.25, -0.2) is 29.3 Å². The molecule has 46 heavy (non-hydrogen) atoms. The van der Waals surface area contributed by atoms with Crippen LogP contribution in [0.1, 0.15) is 12.5 Å². The number of anilines is 2. The van der Waals surface area contributed by atoms with Crippen LogP contribution in [-0.2, 0) is 27.7 Å². The molecule has 4 aromatic heterocycles. The lowest BCUT2D eigenvalue weighted by Gasteiger charge is -2.29. The first-order chi connectivity index (χ1) is 21.7. The van der Waals surface area contributed by atoms with Crippen molar-refractivity contribution in [1.29, 1.82) is 0 Å². The molecular weight excluding hydrogens is 662 g/mol. The number of aliphatic hydroxyl groups is 2. The highest BCUT2D eigenvalue weighted by atomic mass is 31.2. The van der Waals surface area contributed by atoms with Gasteiger partial charge in [0.2, 0.25) is 11.9 Å². The second-order valence-electron chi connectivity index (χ2n) is 10.6. The molecule has 26 heteroatoms. The van der Waals surface area contributed by atoms with Crippen LogP contribution in [0.3, 0.4) is 0 Å². The first-order valence-corrected chi connectivity index (χ1v) is 16.5. The number of nitrogens with zero attached hydrogens (tertiary/aromatic N) is 6. The number of nitrogens with two attached hydrogens (primary N) is 2. The van der Waals surface area contributed by atoms with Crippen LogP contribution in [0.15, 0.2) is 22.2 Å². The van der Waals surface area contributed by atoms with Crippen molar-refractivity contribution in [2.24, 2.45) is 0 Å². The number of nitrogens with one attached hydrogen (secondary N) is 4. The number of aromatic amines is 2. The zero-order valence-corrected chi connectivity index (χ0v) is 24.8. The van der Waals surface area contributed by atoms with Gasteiger partial charge in [0.05, 0.1) is 38.0 Å². The molecule has 0 radical (unpaired) electrons. The maximum absolute atomic E-state index is 13.2. The Bertz CT molecular complexity index is 1900. The number of H-pyrrole nitrogens is 2. The fraction of sp³-hybridized carbons (Fsp3) is 0.500. The molecule has 0 bridgehead atoms. The summed E-state index contributed by atoms with van der Waals surface area (Å²) in [6, 6.07) is -2.91. The third kappa shape index (κ3) is 5.33. The van der Waals surface area contributed by atoms with Crippen LogP contribution in [0.5, 0.6) is 0 Å². The van der Waals surface area contributed by atoms with Crippen LogP contribution < -0.4 is 32.8 Å². The summed E-state index contributed by atoms with van der Waals surface area (Å²) < 4.78 is 50.9. The summed E-state index contributed by atoms with van der Waals surface area (Å²) in [4.78, 5) is 66.4. The van der Waals surface area contributed by atoms with E-state index >= 15 is 0 Å². The van der Waals surface area contributed by atoms with Crippen molar-refractivity contribution in [2.45, 2.75) is 49.0 Å². The van der Waals surface area contributed by atoms with Gasteiger partial charge in [0, 0.05) is 0 Å². The molecule has 3 aliphatic rings. The molecule has 7 rings (SSSR count). The number of aromatic nitrogens is 8. The van der Waals surface area contributed by atoms with E-state index in [9.17, 15) is 38.7 Å². The van der Waals surface area contributed by atoms with E-state index in [4.69, 9.17) is 30.0 Å². The summed E-state index contributed by atoms with van der Waals surface area (Å²) in [5.41, 5.74) is 9.51. The Kier molecular flexibility index (Phi) is 7.39. The van der Waals surface area contributed by atoms with E-state index in [-0.39, 0.29) is 34.2 Å². The lowest BCUT2D eigenvalue weighted by Crippen LogP contribution is -2.48. The molecule has 24 nitrogen and oxygen atoms in total. The molecule has 4 aromatic rings. The molecule has 3 saturated heterocycles. The molecule has 0 aromatic carbocycles. The van der Waals surface area contributed by atoms with Gasteiger partial charge >= 0.3 is 15.5 Å². The first kappa shape index (κ1) is 31.0. The van der Waals surface area contributed by atoms with E-state index in [0.29, 0.717) is 0 Å². The molecule has 3 fully saturated rings. The summed E-state index contributed by atoms with van der Waals surface area (Å²) in [5, 5.41) is 26.9. The SMILES string of the molecule is Nc1nc2c(ncn2[C@@H]2O[C@@H]3COP(=O)(O)NC4C(O)[C@H](n5cnc6c(=O)[nH]c(N)nc65)O[C@@H]4COP(=O)(O)NC3C2O)c(=O)[nH]1. The number of nitrogen functional groups attached to an aromatic ring is 2. The van der Waals surface area contributed by atoms with E-state index in [1.165, 1.54) is 0 Å². The smallest absolute Gasteiger partial charge is 0.387 e. The van der Waals surface area contributed by atoms with Crippen molar-refractivity contribution in [1.82, 2.24) is 49.2 Å². The number of ether oxygens (including phenoxy) is 2. The van der Waals surface area contributed by atoms with Crippen molar-refractivity contribution >= 4 is 49.7 Å². The molecule has 7 heterocycles. The van der Waals surface area contributed by atoms with Crippen molar-refractivity contribution in [3.05, 3.63) is 33.4 Å². The van der Waals surface area contributed by atoms with E-state index in [1.54, 1.807) is 0 Å². The number of aliphatic hydroxyl groups excluding tert-OH is 2. The van der Waals surface area contributed by atoms with Crippen molar-refractivity contribution in [3.63, 3.8) is 0 Å². The highest BCUT2D eigenvalue weighted by Gasteiger charge is 2.52. The molecule has 12 N–H and O–H groups in total. The monoisotopic (exact) mass is 688 g/mol. The Balaban J connectivity index is 1.18. The van der Waals surface area contributed by atoms with Crippen LogP contribution in [0.4, 0.5) is 11.9 Å². The quantitative estimate of drug-likeness (QED) is 0.0899. The Morgan fingerprint density at radius 1 is 0.761 bits per heavy atom. The van der Waals surface area contributed by atoms with Gasteiger partial charge in [0.25, 0.3) is 11.1 Å². The van der Waals surface area contributed by atoms with Crippen LogP contribution >= 0.6 is 15.5 Å². The predicted molar refractivity (Wildman–Crippen MR) is 150 cm³/mol. The number of hydrogen-bond donors (Lipinski definition) is 10. The van der Waals surface area contributed by atoms with Gasteiger partial charge in [-0.1, -0.05) is 0 Å². The van der Waals surface area contributed by atoms with Gasteiger partial charge in [0.15, 0.2) is 34.8 Å². The van der Waals surface area contributed by atoms with E-state index in [2.05, 4.69) is 40.1 Å². The Labute approximate surface area is 253 Å². The summed E-state index contributed by atoms with van der Waals surface area (Å²) in [6.07, 6.45) is -6.61. The van der Waals surface area contributed by atoms with Crippen molar-refractivity contribution in [2.75, 3.05) is 24.7 Å². The Morgan fingerprint density at radius 2 is 1.15 bits per heavy atom. The van der Waals surface area contributed by atoms with Gasteiger partial charge in [0.1, 0.15) is 24.4 Å². The summed E-state index contributed by atoms with van der Waals surface area (Å²) in [5.74, 6) is -0.513. The maximum Gasteiger partial charge on any atom is 0.403 e. The average molecular weight is 688 g/mol. The fourth-order valence-corrected chi connectivity index (χ4v) is 7.85. The van der Waals surface area contributed by atoms with Crippen molar-refractivity contribution in [3.8, 4) is 0 Å². The van der Waals surface area contributed by atoms with Gasteiger partial charge < -0.3 is 40.9 Å². The first-order valence-electron chi connectivity index (χ1n) is 13.3. The molecule has 0 saturated carbocycles. The third-order valence-corrected chi connectivity index (χ3v) is 9.90. The minimum absolute atomic E-state index is 0.0804. The molecule has 10 atom stereocenters. The lowest BCUT2D eigenvalue weighted by molar-refractivity contribution is -0.0483. The minimum atomic E-state index is -4.82. The van der Waals surface area contributed by atoms with E-state index in [1.807, 2.05) is 0 Å². The van der Waals surface area contributed by atoms with Crippen LogP contribution in [0.2, 0.25) is 0 Å². The van der Waals surface area contributed by atoms with Gasteiger partial charge in [-0.3, -0.25) is 37.7 Å². The Morgan fingerprint density at radius 3 is 1.54 bits per heavy atom. The second-order valence-corrected chi connectivity index (χ2v) is 13.7. The zero-order chi connectivity index (χ0) is 32.7. The second kappa shape index (κ2) is 11.0. The van der Waals surface area contributed by atoms with E-state index < -0.39 is 88.8 Å². The van der Waals surface area contributed by atoms with Crippen LogP contribution in [-0.4, -0.2) is 109 Å². The molecule has 6 unspecified atom stereocenters. The highest BCUT2D eigenvalue weighted by Crippen LogP contribution is 2.47. The number of imidazole rings is 2. The number of fused-ring (bicyclic) bond motifs is 4. The molecule has 0 amide bonds. The summed E-state index contributed by atoms with van der Waals surface area (Å²) in [6.45, 7) is -1.49. The van der Waals surface area contributed by atoms with Crippen LogP contribution in [0, 0.1) is 0 Å². The zero-order valence-electron chi connectivity index (χ0n) is 23.0. The predicted octanol–water partition coefficient (Wildman–Crippen LogP) is -3.90. The standard InChI is InChI=1S/C20H26N12O12P2/c21-19-25-13-9(15(35)27-19)23-3-31(13)17-11(33)7-5(43-17)1-41-45(37,38)30-8-6(2-42-46(39,40)29-7)44-18(12(8)34)32-4-24-10-14(32)26-20(22)28-16(10)36/h3-8,11-12,17-18,33-34H,1-2H2,(H2,29,39,40)(H2,30,37,38)(H3,21,25,27,35)(H3,22,26,28,36)/t5-,6-,7?,8?,11?,12?,17-,18-/m1/s1. The molecule has 0 aliphatic carbocycles. The summed E-state index contributed by atoms with van der Waals surface area (Å²) >= 11 is 0. The summed E-state index contributed by atoms with van der Waals surface area (Å²) in [7, 11) is -9.64.